The number of carbonyl (C=O) groups is 1. The molecule has 1 aliphatic rings. The molecule has 2 heterocycles. The Morgan fingerprint density at radius 2 is 1.97 bits per heavy atom. The number of fused-ring (bicyclic) bond motifs is 1. The largest absolute Gasteiger partial charge is 0.286 e. The molecule has 0 radical (unpaired) electrons. The Kier molecular flexibility index (Phi) is 5.63. The zero-order chi connectivity index (χ0) is 20.5. The minimum absolute atomic E-state index is 0.0196. The van der Waals surface area contributed by atoms with E-state index in [2.05, 4.69) is 10.1 Å². The monoisotopic (exact) mass is 418 g/mol. The molecule has 0 bridgehead atoms. The fourth-order valence-electron chi connectivity index (χ4n) is 4.03. The second-order valence-electron chi connectivity index (χ2n) is 7.71. The van der Waals surface area contributed by atoms with Crippen LogP contribution < -0.4 is 4.90 Å². The molecular formula is C21H24F2N4OS. The minimum Gasteiger partial charge on any atom is -0.286 e. The van der Waals surface area contributed by atoms with Gasteiger partial charge < -0.3 is 0 Å². The van der Waals surface area contributed by atoms with Crippen molar-refractivity contribution in [2.24, 2.45) is 5.92 Å². The van der Waals surface area contributed by atoms with E-state index in [1.54, 1.807) is 4.90 Å². The molecule has 0 saturated heterocycles. The van der Waals surface area contributed by atoms with E-state index in [9.17, 15) is 13.6 Å². The van der Waals surface area contributed by atoms with Crippen molar-refractivity contribution < 1.29 is 13.6 Å². The van der Waals surface area contributed by atoms with Crippen molar-refractivity contribution in [2.45, 2.75) is 52.5 Å². The number of aromatic nitrogens is 3. The fourth-order valence-corrected chi connectivity index (χ4v) is 5.06. The lowest BCUT2D eigenvalue weighted by Gasteiger charge is -2.27. The maximum Gasteiger partial charge on any atom is 0.231 e. The van der Waals surface area contributed by atoms with Gasteiger partial charge in [0.25, 0.3) is 0 Å². The van der Waals surface area contributed by atoms with E-state index in [1.807, 2.05) is 24.6 Å². The van der Waals surface area contributed by atoms with Gasteiger partial charge in [0.15, 0.2) is 10.9 Å². The van der Waals surface area contributed by atoms with E-state index < -0.39 is 11.6 Å². The number of hydrogen-bond acceptors (Lipinski definition) is 4. The predicted octanol–water partition coefficient (Wildman–Crippen LogP) is 5.00. The van der Waals surface area contributed by atoms with Crippen LogP contribution in [0, 0.1) is 31.4 Å². The molecule has 0 aliphatic heterocycles. The molecular weight excluding hydrogens is 394 g/mol. The van der Waals surface area contributed by atoms with E-state index in [0.717, 1.165) is 60.9 Å². The fraction of sp³-hybridized carbons (Fsp3) is 0.476. The summed E-state index contributed by atoms with van der Waals surface area (Å²) in [5, 5.41) is 4.89. The van der Waals surface area contributed by atoms with E-state index in [4.69, 9.17) is 0 Å². The van der Waals surface area contributed by atoms with Crippen LogP contribution in [0.25, 0.3) is 10.2 Å². The van der Waals surface area contributed by atoms with Gasteiger partial charge in [-0.25, -0.2) is 13.8 Å². The van der Waals surface area contributed by atoms with Gasteiger partial charge in [-0.05, 0) is 38.8 Å². The van der Waals surface area contributed by atoms with Crippen molar-refractivity contribution in [3.63, 3.8) is 0 Å². The topological polar surface area (TPSA) is 51.0 Å². The molecule has 8 heteroatoms. The van der Waals surface area contributed by atoms with Crippen LogP contribution in [0.1, 0.15) is 43.5 Å². The molecule has 1 aliphatic carbocycles. The Morgan fingerprint density at radius 1 is 1.21 bits per heavy atom. The van der Waals surface area contributed by atoms with E-state index in [0.29, 0.717) is 22.9 Å². The molecule has 1 aromatic carbocycles. The highest BCUT2D eigenvalue weighted by Crippen LogP contribution is 2.34. The number of benzene rings is 1. The molecule has 0 atom stereocenters. The summed E-state index contributed by atoms with van der Waals surface area (Å²) >= 11 is 1.15. The first-order valence-corrected chi connectivity index (χ1v) is 10.8. The van der Waals surface area contributed by atoms with Gasteiger partial charge in [-0.2, -0.15) is 5.10 Å². The molecule has 29 heavy (non-hydrogen) atoms. The van der Waals surface area contributed by atoms with Gasteiger partial charge in [0.2, 0.25) is 5.91 Å². The Morgan fingerprint density at radius 3 is 2.66 bits per heavy atom. The summed E-state index contributed by atoms with van der Waals surface area (Å²) in [7, 11) is 0. The minimum atomic E-state index is -0.703. The molecule has 154 valence electrons. The number of carbonyl (C=O) groups excluding carboxylic acids is 1. The number of thiazole rings is 1. The maximum absolute atomic E-state index is 14.2. The highest BCUT2D eigenvalue weighted by Gasteiger charge is 2.29. The first-order valence-electron chi connectivity index (χ1n) is 10.0. The molecule has 1 saturated carbocycles. The van der Waals surface area contributed by atoms with Gasteiger partial charge in [-0.15, -0.1) is 0 Å². The molecule has 0 unspecified atom stereocenters. The summed E-state index contributed by atoms with van der Waals surface area (Å²) in [6.07, 6.45) is 4.97. The average molecular weight is 419 g/mol. The van der Waals surface area contributed by atoms with E-state index in [1.165, 1.54) is 6.07 Å². The maximum atomic E-state index is 14.2. The lowest BCUT2D eigenvalue weighted by molar-refractivity contribution is -0.123. The van der Waals surface area contributed by atoms with Gasteiger partial charge in [0.1, 0.15) is 11.3 Å². The van der Waals surface area contributed by atoms with E-state index >= 15 is 0 Å². The lowest BCUT2D eigenvalue weighted by atomic mass is 9.88. The zero-order valence-corrected chi connectivity index (χ0v) is 17.4. The number of hydrogen-bond donors (Lipinski definition) is 0. The predicted molar refractivity (Wildman–Crippen MR) is 110 cm³/mol. The van der Waals surface area contributed by atoms with Crippen molar-refractivity contribution in [3.05, 3.63) is 41.2 Å². The first-order chi connectivity index (χ1) is 13.9. The third-order valence-electron chi connectivity index (χ3n) is 5.49. The second kappa shape index (κ2) is 8.18. The molecule has 4 rings (SSSR count). The molecule has 1 amide bonds. The van der Waals surface area contributed by atoms with Crippen molar-refractivity contribution in [1.82, 2.24) is 14.8 Å². The first kappa shape index (κ1) is 19.9. The smallest absolute Gasteiger partial charge is 0.231 e. The highest BCUT2D eigenvalue weighted by molar-refractivity contribution is 7.22. The Labute approximate surface area is 172 Å². The van der Waals surface area contributed by atoms with Crippen molar-refractivity contribution in [1.29, 1.82) is 0 Å². The summed E-state index contributed by atoms with van der Waals surface area (Å²) in [4.78, 5) is 19.3. The van der Waals surface area contributed by atoms with Crippen LogP contribution in [0.5, 0.6) is 0 Å². The number of aryl methyl sites for hydroxylation is 2. The Bertz CT molecular complexity index is 1040. The molecule has 3 aromatic rings. The quantitative estimate of drug-likeness (QED) is 0.586. The molecule has 0 N–H and O–H groups in total. The molecule has 2 aromatic heterocycles. The van der Waals surface area contributed by atoms with Crippen molar-refractivity contribution in [3.8, 4) is 0 Å². The third kappa shape index (κ3) is 4.17. The van der Waals surface area contributed by atoms with Crippen LogP contribution in [-0.4, -0.2) is 27.2 Å². The highest BCUT2D eigenvalue weighted by atomic mass is 32.1. The zero-order valence-electron chi connectivity index (χ0n) is 16.6. The second-order valence-corrected chi connectivity index (χ2v) is 8.71. The van der Waals surface area contributed by atoms with Crippen LogP contribution in [0.15, 0.2) is 18.2 Å². The lowest BCUT2D eigenvalue weighted by Crippen LogP contribution is -2.39. The van der Waals surface area contributed by atoms with Crippen LogP contribution >= 0.6 is 11.3 Å². The standard InChI is InChI=1S/C21H24F2N4OS/c1-13-10-14(2)27(25-13)9-8-26(20(28)15-6-4-3-5-7-15)21-24-19-17(23)11-16(22)12-18(19)29-21/h10-12,15H,3-9H2,1-2H3. The SMILES string of the molecule is Cc1cc(C)n(CCN(C(=O)C2CCCCC2)c2nc3c(F)cc(F)cc3s2)n1. The Balaban J connectivity index is 1.66. The molecule has 1 fully saturated rings. The summed E-state index contributed by atoms with van der Waals surface area (Å²) < 4.78 is 30.1. The Hall–Kier alpha value is -2.35. The van der Waals surface area contributed by atoms with Crippen LogP contribution in [0.3, 0.4) is 0 Å². The van der Waals surface area contributed by atoms with Crippen LogP contribution in [0.2, 0.25) is 0 Å². The third-order valence-corrected chi connectivity index (χ3v) is 6.52. The van der Waals surface area contributed by atoms with E-state index in [-0.39, 0.29) is 17.3 Å². The number of nitrogens with zero attached hydrogens (tertiary/aromatic N) is 4. The summed E-state index contributed by atoms with van der Waals surface area (Å²) in [6, 6.07) is 4.09. The van der Waals surface area contributed by atoms with Crippen molar-refractivity contribution >= 4 is 32.6 Å². The normalized spacial score (nSPS) is 15.2. The molecule has 5 nitrogen and oxygen atoms in total. The van der Waals surface area contributed by atoms with Gasteiger partial charge in [0, 0.05) is 24.2 Å². The van der Waals surface area contributed by atoms with Gasteiger partial charge in [-0.1, -0.05) is 30.6 Å². The summed E-state index contributed by atoms with van der Waals surface area (Å²) in [5.74, 6) is -1.37. The number of anilines is 1. The number of amides is 1. The summed E-state index contributed by atoms with van der Waals surface area (Å²) in [5.41, 5.74) is 2.05. The van der Waals surface area contributed by atoms with Gasteiger partial charge >= 0.3 is 0 Å². The van der Waals surface area contributed by atoms with Gasteiger partial charge in [0.05, 0.1) is 16.9 Å². The van der Waals surface area contributed by atoms with Crippen LogP contribution in [-0.2, 0) is 11.3 Å². The molecule has 0 spiro atoms. The van der Waals surface area contributed by atoms with Gasteiger partial charge in [-0.3, -0.25) is 14.4 Å². The van der Waals surface area contributed by atoms with Crippen LogP contribution in [0.4, 0.5) is 13.9 Å². The van der Waals surface area contributed by atoms with Crippen molar-refractivity contribution in [2.75, 3.05) is 11.4 Å². The number of halogens is 2. The number of rotatable bonds is 5. The summed E-state index contributed by atoms with van der Waals surface area (Å²) in [6.45, 7) is 4.81. The average Bonchev–Trinajstić information content (AvgIpc) is 3.25.